The topological polar surface area (TPSA) is 111 Å². The summed E-state index contributed by atoms with van der Waals surface area (Å²) in [5.41, 5.74) is 0.327. The Morgan fingerprint density at radius 2 is 1.72 bits per heavy atom. The van der Waals surface area contributed by atoms with E-state index in [1.165, 1.54) is 0 Å². The number of anilines is 3. The lowest BCUT2D eigenvalue weighted by Crippen LogP contribution is -2.27. The molecule has 0 aliphatic carbocycles. The van der Waals surface area contributed by atoms with Crippen molar-refractivity contribution in [3.63, 3.8) is 0 Å². The van der Waals surface area contributed by atoms with E-state index in [-0.39, 0.29) is 6.61 Å². The monoisotopic (exact) mass is 402 g/mol. The van der Waals surface area contributed by atoms with Crippen LogP contribution in [0.15, 0.2) is 36.5 Å². The maximum Gasteiger partial charge on any atom is 0.412 e. The van der Waals surface area contributed by atoms with E-state index in [9.17, 15) is 9.59 Å². The van der Waals surface area contributed by atoms with Gasteiger partial charge in [-0.3, -0.25) is 10.6 Å². The maximum absolute atomic E-state index is 11.8. The molecule has 0 radical (unpaired) electrons. The number of rotatable bonds is 6. The van der Waals surface area contributed by atoms with E-state index in [0.717, 1.165) is 0 Å². The summed E-state index contributed by atoms with van der Waals surface area (Å²) in [5.74, 6) is 1.31. The van der Waals surface area contributed by atoms with Crippen LogP contribution in [-0.2, 0) is 9.47 Å². The SMILES string of the molecule is CCOC(=O)Nc1c(Oc2ccc(NC(=O)OC(C)(C)C)cc2)ccnc1NC. The third-order valence-corrected chi connectivity index (χ3v) is 3.38. The summed E-state index contributed by atoms with van der Waals surface area (Å²) >= 11 is 0. The van der Waals surface area contributed by atoms with Gasteiger partial charge in [0.15, 0.2) is 11.6 Å². The van der Waals surface area contributed by atoms with Gasteiger partial charge in [-0.2, -0.15) is 0 Å². The molecule has 9 nitrogen and oxygen atoms in total. The standard InChI is InChI=1S/C20H26N4O5/c1-6-27-18(25)24-16-15(11-12-22-17(16)21-5)28-14-9-7-13(8-10-14)23-19(26)29-20(2,3)4/h7-12H,6H2,1-5H3,(H,21,22)(H,23,26)(H,24,25). The van der Waals surface area contributed by atoms with E-state index in [2.05, 4.69) is 20.9 Å². The number of carbonyl (C=O) groups is 2. The molecule has 3 N–H and O–H groups in total. The van der Waals surface area contributed by atoms with Crippen LogP contribution in [0.25, 0.3) is 0 Å². The molecule has 2 amide bonds. The summed E-state index contributed by atoms with van der Waals surface area (Å²) < 4.78 is 16.0. The van der Waals surface area contributed by atoms with Gasteiger partial charge >= 0.3 is 12.2 Å². The molecule has 0 unspecified atom stereocenters. The van der Waals surface area contributed by atoms with Crippen LogP contribution in [0, 0.1) is 0 Å². The van der Waals surface area contributed by atoms with Gasteiger partial charge in [0.25, 0.3) is 0 Å². The van der Waals surface area contributed by atoms with Gasteiger partial charge in [-0.25, -0.2) is 14.6 Å². The summed E-state index contributed by atoms with van der Waals surface area (Å²) in [5, 5.41) is 8.17. The summed E-state index contributed by atoms with van der Waals surface area (Å²) in [6, 6.07) is 8.34. The fourth-order valence-corrected chi connectivity index (χ4v) is 2.26. The van der Waals surface area contributed by atoms with E-state index in [4.69, 9.17) is 14.2 Å². The van der Waals surface area contributed by atoms with Crippen molar-refractivity contribution in [1.82, 2.24) is 4.98 Å². The van der Waals surface area contributed by atoms with Gasteiger partial charge in [-0.05, 0) is 52.0 Å². The van der Waals surface area contributed by atoms with Crippen molar-refractivity contribution in [3.8, 4) is 11.5 Å². The number of pyridine rings is 1. The summed E-state index contributed by atoms with van der Waals surface area (Å²) in [6.07, 6.45) is 0.397. The Labute approximate surface area is 169 Å². The predicted molar refractivity (Wildman–Crippen MR) is 111 cm³/mol. The molecule has 0 aliphatic heterocycles. The second-order valence-corrected chi connectivity index (χ2v) is 6.88. The first-order valence-corrected chi connectivity index (χ1v) is 9.10. The highest BCUT2D eigenvalue weighted by molar-refractivity contribution is 5.91. The fraction of sp³-hybridized carbons (Fsp3) is 0.350. The summed E-state index contributed by atoms with van der Waals surface area (Å²) in [6.45, 7) is 7.33. The molecule has 0 saturated heterocycles. The molecule has 2 aromatic rings. The molecule has 1 aromatic heterocycles. The van der Waals surface area contributed by atoms with E-state index in [1.807, 2.05) is 0 Å². The van der Waals surface area contributed by atoms with Crippen LogP contribution in [-0.4, -0.2) is 36.4 Å². The first kappa shape index (κ1) is 21.8. The third-order valence-electron chi connectivity index (χ3n) is 3.38. The lowest BCUT2D eigenvalue weighted by Gasteiger charge is -2.19. The van der Waals surface area contributed by atoms with Crippen molar-refractivity contribution in [3.05, 3.63) is 36.5 Å². The van der Waals surface area contributed by atoms with Crippen LogP contribution in [0.1, 0.15) is 27.7 Å². The molecule has 2 rings (SSSR count). The molecular formula is C20H26N4O5. The van der Waals surface area contributed by atoms with Crippen LogP contribution >= 0.6 is 0 Å². The van der Waals surface area contributed by atoms with E-state index in [1.54, 1.807) is 71.3 Å². The Kier molecular flexibility index (Phi) is 7.24. The van der Waals surface area contributed by atoms with E-state index < -0.39 is 17.8 Å². The average Bonchev–Trinajstić information content (AvgIpc) is 2.63. The van der Waals surface area contributed by atoms with Gasteiger partial charge in [-0.1, -0.05) is 0 Å². The molecule has 0 saturated carbocycles. The van der Waals surface area contributed by atoms with Crippen molar-refractivity contribution in [2.75, 3.05) is 29.6 Å². The second kappa shape index (κ2) is 9.63. The zero-order valence-electron chi connectivity index (χ0n) is 17.2. The number of aromatic nitrogens is 1. The number of nitrogens with one attached hydrogen (secondary N) is 3. The Bertz CT molecular complexity index is 847. The molecule has 0 bridgehead atoms. The van der Waals surface area contributed by atoms with E-state index in [0.29, 0.717) is 28.7 Å². The smallest absolute Gasteiger partial charge is 0.412 e. The minimum atomic E-state index is -0.612. The highest BCUT2D eigenvalue weighted by atomic mass is 16.6. The molecule has 0 atom stereocenters. The second-order valence-electron chi connectivity index (χ2n) is 6.88. The number of nitrogens with zero attached hydrogens (tertiary/aromatic N) is 1. The highest BCUT2D eigenvalue weighted by Gasteiger charge is 2.17. The lowest BCUT2D eigenvalue weighted by atomic mass is 10.2. The average molecular weight is 402 g/mol. The minimum absolute atomic E-state index is 0.239. The lowest BCUT2D eigenvalue weighted by molar-refractivity contribution is 0.0636. The largest absolute Gasteiger partial charge is 0.455 e. The van der Waals surface area contributed by atoms with Gasteiger partial charge in [0.05, 0.1) is 6.61 Å². The number of hydrogen-bond donors (Lipinski definition) is 3. The van der Waals surface area contributed by atoms with Crippen molar-refractivity contribution < 1.29 is 23.8 Å². The highest BCUT2D eigenvalue weighted by Crippen LogP contribution is 2.34. The Balaban J connectivity index is 2.13. The Hall–Kier alpha value is -3.49. The van der Waals surface area contributed by atoms with Gasteiger partial charge in [0.1, 0.15) is 17.0 Å². The predicted octanol–water partition coefficient (Wildman–Crippen LogP) is 4.83. The zero-order valence-corrected chi connectivity index (χ0v) is 17.2. The number of benzene rings is 1. The van der Waals surface area contributed by atoms with E-state index >= 15 is 0 Å². The molecule has 29 heavy (non-hydrogen) atoms. The van der Waals surface area contributed by atoms with Crippen LogP contribution in [0.5, 0.6) is 11.5 Å². The normalized spacial score (nSPS) is 10.7. The first-order chi connectivity index (χ1) is 13.7. The zero-order chi connectivity index (χ0) is 21.4. The Morgan fingerprint density at radius 1 is 1.03 bits per heavy atom. The molecule has 0 fully saturated rings. The molecular weight excluding hydrogens is 376 g/mol. The van der Waals surface area contributed by atoms with Crippen LogP contribution < -0.4 is 20.7 Å². The molecule has 1 aromatic carbocycles. The molecule has 0 spiro atoms. The summed E-state index contributed by atoms with van der Waals surface area (Å²) in [7, 11) is 1.68. The third kappa shape index (κ3) is 6.87. The van der Waals surface area contributed by atoms with Crippen LogP contribution in [0.4, 0.5) is 26.8 Å². The van der Waals surface area contributed by atoms with Gasteiger partial charge in [-0.15, -0.1) is 0 Å². The van der Waals surface area contributed by atoms with Crippen molar-refractivity contribution in [1.29, 1.82) is 0 Å². The van der Waals surface area contributed by atoms with Gasteiger partial charge < -0.3 is 19.5 Å². The molecule has 9 heteroatoms. The van der Waals surface area contributed by atoms with Crippen molar-refractivity contribution in [2.45, 2.75) is 33.3 Å². The van der Waals surface area contributed by atoms with Crippen LogP contribution in [0.2, 0.25) is 0 Å². The van der Waals surface area contributed by atoms with Gasteiger partial charge in [0.2, 0.25) is 0 Å². The Morgan fingerprint density at radius 3 is 2.31 bits per heavy atom. The fourth-order valence-electron chi connectivity index (χ4n) is 2.26. The summed E-state index contributed by atoms with van der Waals surface area (Å²) in [4.78, 5) is 27.8. The minimum Gasteiger partial charge on any atom is -0.455 e. The van der Waals surface area contributed by atoms with Crippen molar-refractivity contribution >= 4 is 29.4 Å². The number of amides is 2. The number of hydrogen-bond acceptors (Lipinski definition) is 7. The molecule has 156 valence electrons. The molecule has 0 aliphatic rings. The van der Waals surface area contributed by atoms with Crippen LogP contribution in [0.3, 0.4) is 0 Å². The van der Waals surface area contributed by atoms with Crippen molar-refractivity contribution in [2.24, 2.45) is 0 Å². The quantitative estimate of drug-likeness (QED) is 0.634. The number of ether oxygens (including phenoxy) is 3. The van der Waals surface area contributed by atoms with Gasteiger partial charge in [0, 0.05) is 25.0 Å². The molecule has 1 heterocycles. The maximum atomic E-state index is 11.8. The first-order valence-electron chi connectivity index (χ1n) is 9.10. The number of carbonyl (C=O) groups excluding carboxylic acids is 2.